The first-order valence-electron chi connectivity index (χ1n) is 11.0. The predicted octanol–water partition coefficient (Wildman–Crippen LogP) is 3.62. The number of unbranched alkanes of at least 4 members (excludes halogenated alkanes) is 8. The minimum absolute atomic E-state index is 0.163. The van der Waals surface area contributed by atoms with Gasteiger partial charge < -0.3 is 20.1 Å². The Morgan fingerprint density at radius 1 is 0.897 bits per heavy atom. The number of aliphatic hydroxyl groups is 3. The van der Waals surface area contributed by atoms with E-state index in [0.717, 1.165) is 38.5 Å². The van der Waals surface area contributed by atoms with Crippen LogP contribution in [-0.4, -0.2) is 52.5 Å². The summed E-state index contributed by atoms with van der Waals surface area (Å²) in [5, 5.41) is 27.7. The highest BCUT2D eigenvalue weighted by Crippen LogP contribution is 2.10. The fourth-order valence-electron chi connectivity index (χ4n) is 2.80. The van der Waals surface area contributed by atoms with Crippen molar-refractivity contribution in [2.24, 2.45) is 0 Å². The van der Waals surface area contributed by atoms with Gasteiger partial charge in [-0.2, -0.15) is 0 Å². The van der Waals surface area contributed by atoms with Gasteiger partial charge in [0.1, 0.15) is 12.2 Å². The summed E-state index contributed by atoms with van der Waals surface area (Å²) in [4.78, 5) is 22.6. The lowest BCUT2D eigenvalue weighted by molar-refractivity contribution is -0.163. The topological polar surface area (TPSA) is 104 Å². The Hall–Kier alpha value is -1.50. The van der Waals surface area contributed by atoms with E-state index in [-0.39, 0.29) is 12.7 Å². The van der Waals surface area contributed by atoms with Crippen LogP contribution in [0, 0.1) is 0 Å². The van der Waals surface area contributed by atoms with Gasteiger partial charge in [-0.1, -0.05) is 63.3 Å². The highest BCUT2D eigenvalue weighted by molar-refractivity contribution is 5.72. The minimum Gasteiger partial charge on any atom is -0.452 e. The molecule has 0 spiro atoms. The fraction of sp³-hybridized carbons (Fsp3) is 0.739. The summed E-state index contributed by atoms with van der Waals surface area (Å²) < 4.78 is 4.86. The zero-order chi connectivity index (χ0) is 21.7. The number of carbonyl (C=O) groups excluding carboxylic acids is 2. The molecule has 0 amide bonds. The van der Waals surface area contributed by atoms with Crippen molar-refractivity contribution in [3.63, 3.8) is 0 Å². The molecular formula is C23H40O6. The Balaban J connectivity index is 3.63. The molecule has 0 heterocycles. The van der Waals surface area contributed by atoms with E-state index in [1.54, 1.807) is 0 Å². The fourth-order valence-corrected chi connectivity index (χ4v) is 2.80. The molecule has 0 bridgehead atoms. The molecule has 3 N–H and O–H groups in total. The van der Waals surface area contributed by atoms with Gasteiger partial charge in [0, 0.05) is 6.42 Å². The van der Waals surface area contributed by atoms with Gasteiger partial charge in [-0.3, -0.25) is 9.59 Å². The van der Waals surface area contributed by atoms with Crippen molar-refractivity contribution in [2.75, 3.05) is 6.61 Å². The molecule has 0 saturated heterocycles. The van der Waals surface area contributed by atoms with Crippen molar-refractivity contribution in [1.29, 1.82) is 0 Å². The Bertz CT molecular complexity index is 460. The van der Waals surface area contributed by atoms with E-state index in [9.17, 15) is 19.8 Å². The number of aldehydes is 1. The molecular weight excluding hydrogens is 372 g/mol. The van der Waals surface area contributed by atoms with Crippen molar-refractivity contribution in [2.45, 2.75) is 102 Å². The number of rotatable bonds is 19. The Labute approximate surface area is 175 Å². The predicted molar refractivity (Wildman–Crippen MR) is 114 cm³/mol. The van der Waals surface area contributed by atoms with E-state index in [2.05, 4.69) is 31.2 Å². The third kappa shape index (κ3) is 16.0. The van der Waals surface area contributed by atoms with E-state index in [1.165, 1.54) is 25.7 Å². The molecule has 0 fully saturated rings. The summed E-state index contributed by atoms with van der Waals surface area (Å²) >= 11 is 0. The molecule has 168 valence electrons. The second-order valence-corrected chi connectivity index (χ2v) is 7.31. The first-order valence-corrected chi connectivity index (χ1v) is 11.0. The molecule has 0 aliphatic heterocycles. The zero-order valence-corrected chi connectivity index (χ0v) is 17.9. The minimum atomic E-state index is -1.62. The Morgan fingerprint density at radius 2 is 1.48 bits per heavy atom. The van der Waals surface area contributed by atoms with Crippen LogP contribution < -0.4 is 0 Å². The maximum atomic E-state index is 11.7. The van der Waals surface area contributed by atoms with Crippen LogP contribution in [0.5, 0.6) is 0 Å². The van der Waals surface area contributed by atoms with E-state index in [1.807, 2.05) is 0 Å². The number of hydrogen-bond donors (Lipinski definition) is 3. The standard InChI is InChI=1S/C23H40O6/c1-2-3-4-5-6-7-8-9-10-11-12-13-14-15-16-17-22(27)29-21(19-25)23(28)20(26)18-24/h6-7,9-10,19-21,23-24,26,28H,2-5,8,11-18H2,1H3/b7-6-,10-9-/t20-,21+,23+/m1/s1. The molecule has 6 heteroatoms. The van der Waals surface area contributed by atoms with Gasteiger partial charge in [0.05, 0.1) is 6.61 Å². The maximum Gasteiger partial charge on any atom is 0.306 e. The molecule has 0 aromatic carbocycles. The lowest BCUT2D eigenvalue weighted by Gasteiger charge is -2.21. The molecule has 29 heavy (non-hydrogen) atoms. The highest BCUT2D eigenvalue weighted by Gasteiger charge is 2.28. The summed E-state index contributed by atoms with van der Waals surface area (Å²) in [6.45, 7) is 1.50. The average molecular weight is 413 g/mol. The summed E-state index contributed by atoms with van der Waals surface area (Å²) in [6.07, 6.45) is 16.6. The number of allylic oxidation sites excluding steroid dienone is 4. The summed E-state index contributed by atoms with van der Waals surface area (Å²) in [6, 6.07) is 0. The van der Waals surface area contributed by atoms with Gasteiger partial charge in [-0.25, -0.2) is 0 Å². The molecule has 3 atom stereocenters. The van der Waals surface area contributed by atoms with Crippen LogP contribution in [0.2, 0.25) is 0 Å². The highest BCUT2D eigenvalue weighted by atomic mass is 16.6. The van der Waals surface area contributed by atoms with E-state index >= 15 is 0 Å². The van der Waals surface area contributed by atoms with Crippen molar-refractivity contribution >= 4 is 12.3 Å². The van der Waals surface area contributed by atoms with Crippen LogP contribution in [0.3, 0.4) is 0 Å². The molecule has 0 aliphatic carbocycles. The second-order valence-electron chi connectivity index (χ2n) is 7.31. The number of carbonyl (C=O) groups is 2. The summed E-state index contributed by atoms with van der Waals surface area (Å²) in [5.74, 6) is -0.586. The monoisotopic (exact) mass is 412 g/mol. The molecule has 0 radical (unpaired) electrons. The third-order valence-electron chi connectivity index (χ3n) is 4.65. The van der Waals surface area contributed by atoms with Crippen molar-refractivity contribution < 1.29 is 29.6 Å². The molecule has 0 rings (SSSR count). The van der Waals surface area contributed by atoms with E-state index in [4.69, 9.17) is 9.84 Å². The van der Waals surface area contributed by atoms with Gasteiger partial charge in [-0.15, -0.1) is 0 Å². The zero-order valence-electron chi connectivity index (χ0n) is 17.9. The van der Waals surface area contributed by atoms with Crippen LogP contribution in [0.25, 0.3) is 0 Å². The molecule has 0 saturated carbocycles. The normalized spacial score (nSPS) is 14.9. The SMILES string of the molecule is CCCCC/C=C\C/C=C\CCCCCCCC(=O)O[C@@H](C=O)[C@@H](O)[C@H](O)CO. The van der Waals surface area contributed by atoms with Crippen LogP contribution in [0.4, 0.5) is 0 Å². The lowest BCUT2D eigenvalue weighted by atomic mass is 10.1. The molecule has 0 aromatic heterocycles. The lowest BCUT2D eigenvalue weighted by Crippen LogP contribution is -2.42. The average Bonchev–Trinajstić information content (AvgIpc) is 2.73. The largest absolute Gasteiger partial charge is 0.452 e. The van der Waals surface area contributed by atoms with Crippen LogP contribution in [0.15, 0.2) is 24.3 Å². The first kappa shape index (κ1) is 27.5. The van der Waals surface area contributed by atoms with E-state index < -0.39 is 30.9 Å². The summed E-state index contributed by atoms with van der Waals surface area (Å²) in [5.41, 5.74) is 0. The number of hydrogen-bond acceptors (Lipinski definition) is 6. The van der Waals surface area contributed by atoms with E-state index in [0.29, 0.717) is 6.42 Å². The number of ether oxygens (including phenoxy) is 1. The van der Waals surface area contributed by atoms with Crippen LogP contribution >= 0.6 is 0 Å². The van der Waals surface area contributed by atoms with Gasteiger partial charge in [0.15, 0.2) is 12.4 Å². The summed E-state index contributed by atoms with van der Waals surface area (Å²) in [7, 11) is 0. The molecule has 6 nitrogen and oxygen atoms in total. The van der Waals surface area contributed by atoms with Crippen LogP contribution in [0.1, 0.15) is 84.0 Å². The third-order valence-corrected chi connectivity index (χ3v) is 4.65. The second kappa shape index (κ2) is 19.8. The smallest absolute Gasteiger partial charge is 0.306 e. The maximum absolute atomic E-state index is 11.7. The van der Waals surface area contributed by atoms with Gasteiger partial charge in [0.2, 0.25) is 0 Å². The Morgan fingerprint density at radius 3 is 2.07 bits per heavy atom. The van der Waals surface area contributed by atoms with Crippen molar-refractivity contribution in [3.8, 4) is 0 Å². The Kier molecular flexibility index (Phi) is 18.8. The van der Waals surface area contributed by atoms with Crippen molar-refractivity contribution in [3.05, 3.63) is 24.3 Å². The van der Waals surface area contributed by atoms with Gasteiger partial charge >= 0.3 is 5.97 Å². The molecule has 0 unspecified atom stereocenters. The number of esters is 1. The quantitative estimate of drug-likeness (QED) is 0.130. The van der Waals surface area contributed by atoms with Gasteiger partial charge in [-0.05, 0) is 38.5 Å². The van der Waals surface area contributed by atoms with Crippen molar-refractivity contribution in [1.82, 2.24) is 0 Å². The van der Waals surface area contributed by atoms with Gasteiger partial charge in [0.25, 0.3) is 0 Å². The molecule has 0 aromatic rings. The number of aliphatic hydroxyl groups excluding tert-OH is 3. The molecule has 0 aliphatic rings. The first-order chi connectivity index (χ1) is 14.1. The van der Waals surface area contributed by atoms with Crippen LogP contribution in [-0.2, 0) is 14.3 Å².